The molecule has 1 aromatic heterocycles. The first-order valence-electron chi connectivity index (χ1n) is 9.84. The number of hydrogen-bond donors (Lipinski definition) is 3. The van der Waals surface area contributed by atoms with Gasteiger partial charge in [0.25, 0.3) is 5.69 Å². The van der Waals surface area contributed by atoms with Gasteiger partial charge in [-0.1, -0.05) is 18.9 Å². The Morgan fingerprint density at radius 2 is 1.93 bits per heavy atom. The van der Waals surface area contributed by atoms with Gasteiger partial charge in [-0.25, -0.2) is 0 Å². The van der Waals surface area contributed by atoms with Gasteiger partial charge in [0.05, 0.1) is 16.7 Å². The summed E-state index contributed by atoms with van der Waals surface area (Å²) >= 11 is 1.54. The average molecular weight is 432 g/mol. The van der Waals surface area contributed by atoms with Gasteiger partial charge in [0.15, 0.2) is 0 Å². The number of carbonyl (C=O) groups is 2. The monoisotopic (exact) mass is 431 g/mol. The number of carbonyl (C=O) groups excluding carboxylic acids is 2. The molecule has 3 N–H and O–H groups in total. The van der Waals surface area contributed by atoms with E-state index in [1.165, 1.54) is 18.2 Å². The summed E-state index contributed by atoms with van der Waals surface area (Å²) in [6.07, 6.45) is 3.34. The smallest absolute Gasteiger partial charge is 0.313 e. The summed E-state index contributed by atoms with van der Waals surface area (Å²) in [6, 6.07) is 8.01. The zero-order valence-electron chi connectivity index (χ0n) is 16.9. The van der Waals surface area contributed by atoms with E-state index in [0.717, 1.165) is 35.4 Å². The quantitative estimate of drug-likeness (QED) is 0.367. The highest BCUT2D eigenvalue weighted by molar-refractivity contribution is 7.12. The molecule has 0 bridgehead atoms. The summed E-state index contributed by atoms with van der Waals surface area (Å²) in [7, 11) is 0. The molecule has 2 aromatic rings. The molecule has 1 unspecified atom stereocenters. The summed E-state index contributed by atoms with van der Waals surface area (Å²) in [5, 5.41) is 26.0. The first kappa shape index (κ1) is 21.9. The summed E-state index contributed by atoms with van der Waals surface area (Å²) < 4.78 is 0. The first-order chi connectivity index (χ1) is 14.2. The van der Waals surface area contributed by atoms with E-state index < -0.39 is 22.8 Å². The number of anilines is 1. The molecule has 8 nitrogen and oxygen atoms in total. The molecule has 160 valence electrons. The molecule has 30 heavy (non-hydrogen) atoms. The molecule has 1 aliphatic rings. The number of non-ortho nitro benzene ring substituents is 1. The van der Waals surface area contributed by atoms with Crippen LogP contribution in [0.2, 0.25) is 0 Å². The van der Waals surface area contributed by atoms with Crippen LogP contribution in [0, 0.1) is 17.0 Å². The largest absolute Gasteiger partial charge is 0.388 e. The number of rotatable bonds is 6. The Hall–Kier alpha value is -2.78. The Morgan fingerprint density at radius 3 is 2.53 bits per heavy atom. The minimum Gasteiger partial charge on any atom is -0.388 e. The van der Waals surface area contributed by atoms with E-state index >= 15 is 0 Å². The molecule has 3 rings (SSSR count). The summed E-state index contributed by atoms with van der Waals surface area (Å²) in [5.74, 6) is -1.64. The van der Waals surface area contributed by atoms with Gasteiger partial charge in [0, 0.05) is 33.8 Å². The molecule has 1 aliphatic carbocycles. The predicted molar refractivity (Wildman–Crippen MR) is 115 cm³/mol. The standard InChI is InChI=1S/C21H25N3O5S/c1-13-5-6-15(24(28)29)11-16(13)23-20(27)19(26)22-12-21(9-3-4-10-21)18-8-7-17(30-18)14(2)25/h5-8,11,14,25H,3-4,9-10,12H2,1-2H3,(H,22,26)(H,23,27). The molecule has 1 aromatic carbocycles. The Bertz CT molecular complexity index is 963. The number of amides is 2. The number of nitro groups is 1. The third-order valence-electron chi connectivity index (χ3n) is 5.60. The van der Waals surface area contributed by atoms with Crippen LogP contribution in [0.25, 0.3) is 0 Å². The fourth-order valence-corrected chi connectivity index (χ4v) is 4.98. The normalized spacial score (nSPS) is 16.1. The number of hydrogen-bond acceptors (Lipinski definition) is 6. The maximum absolute atomic E-state index is 12.4. The number of aliphatic hydroxyl groups excluding tert-OH is 1. The van der Waals surface area contributed by atoms with E-state index in [1.54, 1.807) is 25.2 Å². The zero-order chi connectivity index (χ0) is 21.9. The highest BCUT2D eigenvalue weighted by Crippen LogP contribution is 2.44. The van der Waals surface area contributed by atoms with Crippen LogP contribution >= 0.6 is 11.3 Å². The SMILES string of the molecule is Cc1ccc([N+](=O)[O-])cc1NC(=O)C(=O)NCC1(c2ccc(C(C)O)s2)CCCC1. The van der Waals surface area contributed by atoms with Crippen LogP contribution in [-0.2, 0) is 15.0 Å². The van der Waals surface area contributed by atoms with Crippen LogP contribution in [0.1, 0.15) is 54.0 Å². The van der Waals surface area contributed by atoms with Crippen molar-refractivity contribution in [3.63, 3.8) is 0 Å². The summed E-state index contributed by atoms with van der Waals surface area (Å²) in [4.78, 5) is 37.2. The Kier molecular flexibility index (Phi) is 6.52. The lowest BCUT2D eigenvalue weighted by atomic mass is 9.84. The Labute approximate surface area is 178 Å². The number of nitrogens with one attached hydrogen (secondary N) is 2. The number of nitro benzene ring substituents is 1. The molecule has 0 saturated heterocycles. The molecule has 1 fully saturated rings. The van der Waals surface area contributed by atoms with Crippen molar-refractivity contribution in [1.82, 2.24) is 5.32 Å². The van der Waals surface area contributed by atoms with Crippen LogP contribution in [0.5, 0.6) is 0 Å². The minimum absolute atomic E-state index is 0.159. The molecule has 9 heteroatoms. The predicted octanol–water partition coefficient (Wildman–Crippen LogP) is 3.58. The van der Waals surface area contributed by atoms with Crippen molar-refractivity contribution in [2.45, 2.75) is 51.0 Å². The van der Waals surface area contributed by atoms with E-state index in [1.807, 2.05) is 12.1 Å². The lowest BCUT2D eigenvalue weighted by Crippen LogP contribution is -2.43. The second-order valence-electron chi connectivity index (χ2n) is 7.76. The molecule has 0 radical (unpaired) electrons. The molecule has 0 aliphatic heterocycles. The maximum Gasteiger partial charge on any atom is 0.313 e. The molecule has 1 atom stereocenters. The van der Waals surface area contributed by atoms with Crippen molar-refractivity contribution >= 4 is 34.5 Å². The highest BCUT2D eigenvalue weighted by Gasteiger charge is 2.38. The Balaban J connectivity index is 1.68. The lowest BCUT2D eigenvalue weighted by Gasteiger charge is -2.28. The van der Waals surface area contributed by atoms with E-state index in [9.17, 15) is 24.8 Å². The van der Waals surface area contributed by atoms with Crippen molar-refractivity contribution in [2.24, 2.45) is 0 Å². The number of benzene rings is 1. The van der Waals surface area contributed by atoms with E-state index in [4.69, 9.17) is 0 Å². The minimum atomic E-state index is -0.859. The molecular formula is C21H25N3O5S. The second kappa shape index (κ2) is 8.93. The molecule has 1 heterocycles. The van der Waals surface area contributed by atoms with Crippen LogP contribution < -0.4 is 10.6 Å². The van der Waals surface area contributed by atoms with Gasteiger partial charge in [0.1, 0.15) is 0 Å². The third-order valence-corrected chi connectivity index (χ3v) is 7.10. The van der Waals surface area contributed by atoms with Crippen molar-refractivity contribution in [3.8, 4) is 0 Å². The van der Waals surface area contributed by atoms with Crippen LogP contribution in [0.4, 0.5) is 11.4 Å². The van der Waals surface area contributed by atoms with Crippen LogP contribution in [0.3, 0.4) is 0 Å². The molecular weight excluding hydrogens is 406 g/mol. The lowest BCUT2D eigenvalue weighted by molar-refractivity contribution is -0.384. The topological polar surface area (TPSA) is 122 Å². The zero-order valence-corrected chi connectivity index (χ0v) is 17.8. The van der Waals surface area contributed by atoms with Crippen molar-refractivity contribution in [3.05, 3.63) is 55.8 Å². The van der Waals surface area contributed by atoms with Crippen molar-refractivity contribution in [2.75, 3.05) is 11.9 Å². The van der Waals surface area contributed by atoms with Crippen LogP contribution in [-0.4, -0.2) is 28.4 Å². The number of aliphatic hydroxyl groups is 1. The maximum atomic E-state index is 12.4. The number of thiophene rings is 1. The van der Waals surface area contributed by atoms with Gasteiger partial charge in [-0.3, -0.25) is 19.7 Å². The van der Waals surface area contributed by atoms with Crippen molar-refractivity contribution < 1.29 is 19.6 Å². The molecule has 1 saturated carbocycles. The van der Waals surface area contributed by atoms with E-state index in [-0.39, 0.29) is 16.8 Å². The van der Waals surface area contributed by atoms with E-state index in [0.29, 0.717) is 12.1 Å². The van der Waals surface area contributed by atoms with Gasteiger partial charge in [-0.2, -0.15) is 0 Å². The van der Waals surface area contributed by atoms with Gasteiger partial charge in [-0.15, -0.1) is 11.3 Å². The number of aryl methyl sites for hydroxylation is 1. The highest BCUT2D eigenvalue weighted by atomic mass is 32.1. The van der Waals surface area contributed by atoms with E-state index in [2.05, 4.69) is 10.6 Å². The fourth-order valence-electron chi connectivity index (χ4n) is 3.79. The number of nitrogens with zero attached hydrogens (tertiary/aromatic N) is 1. The fraction of sp³-hybridized carbons (Fsp3) is 0.429. The molecule has 2 amide bonds. The van der Waals surface area contributed by atoms with Crippen LogP contribution in [0.15, 0.2) is 30.3 Å². The average Bonchev–Trinajstić information content (AvgIpc) is 3.38. The molecule has 0 spiro atoms. The second-order valence-corrected chi connectivity index (χ2v) is 8.87. The third kappa shape index (κ3) is 4.68. The summed E-state index contributed by atoms with van der Waals surface area (Å²) in [6.45, 7) is 3.74. The van der Waals surface area contributed by atoms with Gasteiger partial charge in [-0.05, 0) is 44.4 Å². The Morgan fingerprint density at radius 1 is 1.23 bits per heavy atom. The summed E-state index contributed by atoms with van der Waals surface area (Å²) in [5.41, 5.74) is 0.459. The van der Waals surface area contributed by atoms with Crippen molar-refractivity contribution in [1.29, 1.82) is 0 Å². The first-order valence-corrected chi connectivity index (χ1v) is 10.7. The van der Waals surface area contributed by atoms with Gasteiger partial charge in [0.2, 0.25) is 0 Å². The van der Waals surface area contributed by atoms with Gasteiger partial charge < -0.3 is 15.7 Å². The van der Waals surface area contributed by atoms with Gasteiger partial charge >= 0.3 is 11.8 Å².